The third-order valence-corrected chi connectivity index (χ3v) is 6.17. The number of aromatic nitrogens is 4. The van der Waals surface area contributed by atoms with Gasteiger partial charge in [0, 0.05) is 40.3 Å². The highest BCUT2D eigenvalue weighted by Gasteiger charge is 2.18. The molecule has 0 spiro atoms. The van der Waals surface area contributed by atoms with Crippen LogP contribution in [0.25, 0.3) is 22.5 Å². The van der Waals surface area contributed by atoms with Crippen LogP contribution in [-0.4, -0.2) is 19.1 Å². The molecule has 0 saturated heterocycles. The standard InChI is InChI=1S/C27H18Cl2N4O4/c28-18-11-20(13-21(12-18)37-16-17-5-1-2-8-24(17)29)32-15-23(22-7-4-10-31-25(22)34)26(35)33(27(32)36)19-6-3-9-30-14-19/h1-15H,16H2,(H,31,34). The molecule has 0 bridgehead atoms. The number of hydrogen-bond donors (Lipinski definition) is 1. The van der Waals surface area contributed by atoms with Crippen LogP contribution >= 0.6 is 23.2 Å². The van der Waals surface area contributed by atoms with Crippen molar-refractivity contribution >= 4 is 23.2 Å². The summed E-state index contributed by atoms with van der Waals surface area (Å²) in [5.74, 6) is 0.382. The molecule has 1 N–H and O–H groups in total. The Labute approximate surface area is 220 Å². The molecular formula is C27H18Cl2N4O4. The monoisotopic (exact) mass is 532 g/mol. The minimum Gasteiger partial charge on any atom is -0.489 e. The lowest BCUT2D eigenvalue weighted by Gasteiger charge is -2.15. The quantitative estimate of drug-likeness (QED) is 0.344. The number of halogens is 2. The Hall–Kier alpha value is -4.40. The van der Waals surface area contributed by atoms with E-state index in [4.69, 9.17) is 27.9 Å². The molecule has 0 aliphatic heterocycles. The normalized spacial score (nSPS) is 10.9. The second kappa shape index (κ2) is 10.3. The van der Waals surface area contributed by atoms with Gasteiger partial charge in [-0.2, -0.15) is 0 Å². The highest BCUT2D eigenvalue weighted by molar-refractivity contribution is 6.31. The maximum Gasteiger partial charge on any atom is 0.340 e. The summed E-state index contributed by atoms with van der Waals surface area (Å²) in [5.41, 5.74) is -0.330. The van der Waals surface area contributed by atoms with Crippen LogP contribution in [0, 0.1) is 0 Å². The fourth-order valence-corrected chi connectivity index (χ4v) is 4.23. The molecule has 184 valence electrons. The maximum atomic E-state index is 13.6. The third kappa shape index (κ3) is 4.97. The Morgan fingerprint density at radius 3 is 2.49 bits per heavy atom. The van der Waals surface area contributed by atoms with Gasteiger partial charge >= 0.3 is 5.69 Å². The molecule has 37 heavy (non-hydrogen) atoms. The average Bonchev–Trinajstić information content (AvgIpc) is 2.89. The zero-order valence-electron chi connectivity index (χ0n) is 19.1. The van der Waals surface area contributed by atoms with Crippen LogP contribution in [0.2, 0.25) is 10.0 Å². The maximum absolute atomic E-state index is 13.6. The number of nitrogens with one attached hydrogen (secondary N) is 1. The molecular weight excluding hydrogens is 515 g/mol. The molecule has 0 atom stereocenters. The first-order valence-corrected chi connectivity index (χ1v) is 11.8. The van der Waals surface area contributed by atoms with E-state index in [1.807, 2.05) is 18.2 Å². The van der Waals surface area contributed by atoms with Gasteiger partial charge in [0.1, 0.15) is 12.4 Å². The highest BCUT2D eigenvalue weighted by atomic mass is 35.5. The largest absolute Gasteiger partial charge is 0.489 e. The van der Waals surface area contributed by atoms with E-state index >= 15 is 0 Å². The van der Waals surface area contributed by atoms with Crippen molar-refractivity contribution in [2.45, 2.75) is 6.61 Å². The number of H-pyrrole nitrogens is 1. The van der Waals surface area contributed by atoms with Crippen LogP contribution < -0.4 is 21.5 Å². The van der Waals surface area contributed by atoms with Crippen LogP contribution in [0.4, 0.5) is 0 Å². The molecule has 0 amide bonds. The molecule has 3 aromatic heterocycles. The molecule has 2 aromatic carbocycles. The summed E-state index contributed by atoms with van der Waals surface area (Å²) in [6, 6.07) is 18.3. The van der Waals surface area contributed by atoms with Gasteiger partial charge in [0.15, 0.2) is 0 Å². The minimum atomic E-state index is -0.673. The van der Waals surface area contributed by atoms with Crippen LogP contribution in [0.3, 0.4) is 0 Å². The number of rotatable bonds is 6. The lowest BCUT2D eigenvalue weighted by molar-refractivity contribution is 0.306. The van der Waals surface area contributed by atoms with E-state index in [1.165, 1.54) is 35.4 Å². The van der Waals surface area contributed by atoms with Crippen LogP contribution in [0.5, 0.6) is 5.75 Å². The summed E-state index contributed by atoms with van der Waals surface area (Å²) in [4.78, 5) is 46.2. The Balaban J connectivity index is 1.68. The fraction of sp³-hybridized carbons (Fsp3) is 0.0370. The van der Waals surface area contributed by atoms with E-state index in [2.05, 4.69) is 9.97 Å². The predicted octanol–water partition coefficient (Wildman–Crippen LogP) is 4.62. The Bertz CT molecular complexity index is 1780. The van der Waals surface area contributed by atoms with Gasteiger partial charge in [-0.05, 0) is 42.5 Å². The van der Waals surface area contributed by atoms with E-state index < -0.39 is 16.8 Å². The number of ether oxygens (including phenoxy) is 1. The number of benzene rings is 2. The van der Waals surface area contributed by atoms with Crippen LogP contribution in [0.15, 0.2) is 106 Å². The SMILES string of the molecule is O=c1[nH]cccc1-c1cn(-c2cc(Cl)cc(OCc3ccccc3Cl)c2)c(=O)n(-c2cccnc2)c1=O. The van der Waals surface area contributed by atoms with Gasteiger partial charge in [-0.1, -0.05) is 41.4 Å². The van der Waals surface area contributed by atoms with Crippen LogP contribution in [0.1, 0.15) is 5.56 Å². The molecule has 0 aliphatic rings. The summed E-state index contributed by atoms with van der Waals surface area (Å²) in [6.45, 7) is 0.175. The summed E-state index contributed by atoms with van der Waals surface area (Å²) in [5, 5.41) is 0.860. The summed E-state index contributed by atoms with van der Waals surface area (Å²) >= 11 is 12.6. The fourth-order valence-electron chi connectivity index (χ4n) is 3.82. The van der Waals surface area contributed by atoms with Gasteiger partial charge in [-0.15, -0.1) is 0 Å². The minimum absolute atomic E-state index is 0.0174. The van der Waals surface area contributed by atoms with E-state index in [1.54, 1.807) is 42.5 Å². The van der Waals surface area contributed by atoms with Crippen molar-refractivity contribution in [2.75, 3.05) is 0 Å². The number of hydrogen-bond acceptors (Lipinski definition) is 5. The lowest BCUT2D eigenvalue weighted by Crippen LogP contribution is -2.39. The average molecular weight is 533 g/mol. The molecule has 0 aliphatic carbocycles. The molecule has 5 aromatic rings. The van der Waals surface area contributed by atoms with Crippen LogP contribution in [-0.2, 0) is 6.61 Å². The first-order chi connectivity index (χ1) is 17.9. The third-order valence-electron chi connectivity index (χ3n) is 5.59. The van der Waals surface area contributed by atoms with Gasteiger partial charge in [-0.25, -0.2) is 9.36 Å². The second-order valence-electron chi connectivity index (χ2n) is 7.99. The summed E-state index contributed by atoms with van der Waals surface area (Å²) in [6.07, 6.45) is 5.70. The molecule has 5 rings (SSSR count). The number of aromatic amines is 1. The molecule has 0 saturated carbocycles. The number of nitrogens with zero attached hydrogens (tertiary/aromatic N) is 3. The molecule has 3 heterocycles. The summed E-state index contributed by atoms with van der Waals surface area (Å²) < 4.78 is 8.11. The van der Waals surface area contributed by atoms with E-state index in [-0.39, 0.29) is 23.4 Å². The van der Waals surface area contributed by atoms with Gasteiger partial charge in [-0.3, -0.25) is 19.1 Å². The number of pyridine rings is 2. The molecule has 0 unspecified atom stereocenters. The van der Waals surface area contributed by atoms with Gasteiger partial charge in [0.25, 0.3) is 11.1 Å². The zero-order valence-corrected chi connectivity index (χ0v) is 20.6. The van der Waals surface area contributed by atoms with E-state index in [0.717, 1.165) is 10.1 Å². The molecule has 0 radical (unpaired) electrons. The second-order valence-corrected chi connectivity index (χ2v) is 8.83. The van der Waals surface area contributed by atoms with Crippen molar-refractivity contribution in [3.8, 4) is 28.3 Å². The van der Waals surface area contributed by atoms with Crippen molar-refractivity contribution < 1.29 is 4.74 Å². The predicted molar refractivity (Wildman–Crippen MR) is 142 cm³/mol. The van der Waals surface area contributed by atoms with Crippen molar-refractivity contribution in [3.63, 3.8) is 0 Å². The Kier molecular flexibility index (Phi) is 6.76. The van der Waals surface area contributed by atoms with Crippen molar-refractivity contribution in [1.29, 1.82) is 0 Å². The summed E-state index contributed by atoms with van der Waals surface area (Å²) in [7, 11) is 0. The first-order valence-electron chi connectivity index (χ1n) is 11.1. The van der Waals surface area contributed by atoms with Gasteiger partial charge in [0.2, 0.25) is 0 Å². The van der Waals surface area contributed by atoms with E-state index in [9.17, 15) is 14.4 Å². The zero-order chi connectivity index (χ0) is 25.9. The van der Waals surface area contributed by atoms with E-state index in [0.29, 0.717) is 21.5 Å². The topological polar surface area (TPSA) is 99.0 Å². The van der Waals surface area contributed by atoms with Gasteiger partial charge in [0.05, 0.1) is 28.7 Å². The Morgan fingerprint density at radius 2 is 1.73 bits per heavy atom. The van der Waals surface area contributed by atoms with Crippen molar-refractivity contribution in [3.05, 3.63) is 138 Å². The van der Waals surface area contributed by atoms with Crippen molar-refractivity contribution in [1.82, 2.24) is 19.1 Å². The lowest BCUT2D eigenvalue weighted by atomic mass is 10.1. The molecule has 8 nitrogen and oxygen atoms in total. The van der Waals surface area contributed by atoms with Crippen molar-refractivity contribution in [2.24, 2.45) is 0 Å². The first kappa shape index (κ1) is 24.3. The van der Waals surface area contributed by atoms with Gasteiger partial charge < -0.3 is 9.72 Å². The smallest absolute Gasteiger partial charge is 0.340 e. The molecule has 0 fully saturated rings. The molecule has 10 heteroatoms. The Morgan fingerprint density at radius 1 is 0.892 bits per heavy atom. The highest BCUT2D eigenvalue weighted by Crippen LogP contribution is 2.25.